The zero-order valence-electron chi connectivity index (χ0n) is 10.4. The van der Waals surface area contributed by atoms with Crippen LogP contribution in [0.1, 0.15) is 34.1 Å². The summed E-state index contributed by atoms with van der Waals surface area (Å²) in [5.74, 6) is -0.0410. The average Bonchev–Trinajstić information content (AvgIpc) is 2.23. The van der Waals surface area contributed by atoms with Crippen LogP contribution in [-0.4, -0.2) is 35.3 Å². The topological polar surface area (TPSA) is 49.4 Å². The van der Waals surface area contributed by atoms with E-state index >= 15 is 0 Å². The maximum Gasteiger partial charge on any atom is 0.246 e. The first-order valence-corrected chi connectivity index (χ1v) is 5.71. The molecule has 1 saturated heterocycles. The Kier molecular flexibility index (Phi) is 4.10. The van der Waals surface area contributed by atoms with Gasteiger partial charge >= 0.3 is 0 Å². The molecule has 1 rings (SSSR count). The van der Waals surface area contributed by atoms with Gasteiger partial charge in [0.2, 0.25) is 11.8 Å². The van der Waals surface area contributed by atoms with Crippen LogP contribution in [-0.2, 0) is 9.59 Å². The van der Waals surface area contributed by atoms with Gasteiger partial charge in [-0.3, -0.25) is 9.59 Å². The zero-order valence-corrected chi connectivity index (χ0v) is 10.4. The van der Waals surface area contributed by atoms with E-state index in [0.717, 1.165) is 5.57 Å². The molecule has 0 aromatic rings. The molecule has 1 fully saturated rings. The number of carbonyl (C=O) groups excluding carboxylic acids is 2. The smallest absolute Gasteiger partial charge is 0.246 e. The summed E-state index contributed by atoms with van der Waals surface area (Å²) in [6, 6.07) is -0.722. The number of hydrogen-bond acceptors (Lipinski definition) is 2. The van der Waals surface area contributed by atoms with Crippen LogP contribution in [0.15, 0.2) is 11.6 Å². The molecule has 0 aromatic heterocycles. The molecule has 0 bridgehead atoms. The van der Waals surface area contributed by atoms with E-state index in [4.69, 9.17) is 0 Å². The number of carbonyl (C=O) groups is 2. The van der Waals surface area contributed by atoms with Crippen LogP contribution in [0.3, 0.4) is 0 Å². The molecule has 0 spiro atoms. The Balaban J connectivity index is 2.81. The molecular weight excluding hydrogens is 204 g/mol. The van der Waals surface area contributed by atoms with Crippen LogP contribution >= 0.6 is 0 Å². The fraction of sp³-hybridized carbons (Fsp3) is 0.667. The predicted molar refractivity (Wildman–Crippen MR) is 62.8 cm³/mol. The molecule has 2 atom stereocenters. The maximum atomic E-state index is 12.0. The second-order valence-corrected chi connectivity index (χ2v) is 4.42. The van der Waals surface area contributed by atoms with Gasteiger partial charge in [-0.1, -0.05) is 18.6 Å². The number of hydrogen-bond donors (Lipinski definition) is 1. The average molecular weight is 224 g/mol. The fourth-order valence-corrected chi connectivity index (χ4v) is 1.69. The highest BCUT2D eigenvalue weighted by atomic mass is 16.2. The molecule has 0 aliphatic carbocycles. The molecule has 0 aromatic carbocycles. The summed E-state index contributed by atoms with van der Waals surface area (Å²) < 4.78 is 0. The standard InChI is InChI=1S/C12H20N2O2/c1-5-10-12(16)14(7-6-8(2)3)9(4)11(15)13-10/h6,9-10H,5,7H2,1-4H3,(H,13,15). The van der Waals surface area contributed by atoms with E-state index in [2.05, 4.69) is 5.32 Å². The molecule has 4 nitrogen and oxygen atoms in total. The lowest BCUT2D eigenvalue weighted by molar-refractivity contribution is -0.148. The molecule has 1 heterocycles. The predicted octanol–water partition coefficient (Wildman–Crippen LogP) is 1.08. The summed E-state index contributed by atoms with van der Waals surface area (Å²) in [6.45, 7) is 8.15. The van der Waals surface area contributed by atoms with Crippen molar-refractivity contribution in [2.24, 2.45) is 0 Å². The number of rotatable bonds is 3. The SMILES string of the molecule is CCC1NC(=O)C(C)N(CC=C(C)C)C1=O. The van der Waals surface area contributed by atoms with Crippen molar-refractivity contribution in [2.75, 3.05) is 6.54 Å². The minimum absolute atomic E-state index is 0.0205. The summed E-state index contributed by atoms with van der Waals surface area (Å²) in [6.07, 6.45) is 2.61. The van der Waals surface area contributed by atoms with E-state index in [0.29, 0.717) is 13.0 Å². The van der Waals surface area contributed by atoms with Gasteiger partial charge in [0.1, 0.15) is 12.1 Å². The zero-order chi connectivity index (χ0) is 12.3. The third kappa shape index (κ3) is 2.62. The summed E-state index contributed by atoms with van der Waals surface area (Å²) in [5, 5.41) is 2.73. The van der Waals surface area contributed by atoms with Gasteiger partial charge in [-0.2, -0.15) is 0 Å². The summed E-state index contributed by atoms with van der Waals surface area (Å²) in [7, 11) is 0. The van der Waals surface area contributed by atoms with Crippen LogP contribution in [0.4, 0.5) is 0 Å². The molecule has 1 aliphatic heterocycles. The normalized spacial score (nSPS) is 25.4. The first kappa shape index (κ1) is 12.7. The molecule has 2 amide bonds. The monoisotopic (exact) mass is 224 g/mol. The van der Waals surface area contributed by atoms with Gasteiger partial charge < -0.3 is 10.2 Å². The van der Waals surface area contributed by atoms with E-state index in [1.54, 1.807) is 11.8 Å². The van der Waals surface area contributed by atoms with Gasteiger partial charge in [0.25, 0.3) is 0 Å². The molecule has 4 heteroatoms. The van der Waals surface area contributed by atoms with Gasteiger partial charge in [0.05, 0.1) is 0 Å². The number of nitrogens with one attached hydrogen (secondary N) is 1. The van der Waals surface area contributed by atoms with E-state index < -0.39 is 0 Å². The Hall–Kier alpha value is -1.32. The van der Waals surface area contributed by atoms with Gasteiger partial charge in [0, 0.05) is 6.54 Å². The number of piperazine rings is 1. The Bertz CT molecular complexity index is 319. The number of nitrogens with zero attached hydrogens (tertiary/aromatic N) is 1. The Morgan fingerprint density at radius 2 is 2.06 bits per heavy atom. The van der Waals surface area contributed by atoms with Crippen molar-refractivity contribution in [3.63, 3.8) is 0 Å². The Labute approximate surface area is 96.7 Å². The van der Waals surface area contributed by atoms with Crippen LogP contribution in [0.5, 0.6) is 0 Å². The first-order valence-electron chi connectivity index (χ1n) is 5.71. The van der Waals surface area contributed by atoms with Crippen LogP contribution in [0.25, 0.3) is 0 Å². The van der Waals surface area contributed by atoms with Crippen LogP contribution in [0, 0.1) is 0 Å². The van der Waals surface area contributed by atoms with Crippen molar-refractivity contribution >= 4 is 11.8 Å². The summed E-state index contributed by atoms with van der Waals surface area (Å²) in [5.41, 5.74) is 1.15. The van der Waals surface area contributed by atoms with Gasteiger partial charge in [-0.25, -0.2) is 0 Å². The Morgan fingerprint density at radius 1 is 1.44 bits per heavy atom. The number of amides is 2. The van der Waals surface area contributed by atoms with Crippen molar-refractivity contribution in [3.05, 3.63) is 11.6 Å². The van der Waals surface area contributed by atoms with Gasteiger partial charge in [-0.15, -0.1) is 0 Å². The van der Waals surface area contributed by atoms with Crippen LogP contribution in [0.2, 0.25) is 0 Å². The minimum atomic E-state index is -0.370. The second-order valence-electron chi connectivity index (χ2n) is 4.42. The van der Waals surface area contributed by atoms with E-state index in [1.807, 2.05) is 26.8 Å². The molecule has 16 heavy (non-hydrogen) atoms. The highest BCUT2D eigenvalue weighted by Gasteiger charge is 2.36. The lowest BCUT2D eigenvalue weighted by Gasteiger charge is -2.36. The highest BCUT2D eigenvalue weighted by molar-refractivity contribution is 5.96. The third-order valence-electron chi connectivity index (χ3n) is 2.85. The van der Waals surface area contributed by atoms with Crippen molar-refractivity contribution in [2.45, 2.75) is 46.2 Å². The molecular formula is C12H20N2O2. The van der Waals surface area contributed by atoms with Crippen molar-refractivity contribution in [1.29, 1.82) is 0 Å². The summed E-state index contributed by atoms with van der Waals surface area (Å²) in [4.78, 5) is 25.3. The first-order chi connectivity index (χ1) is 7.47. The number of allylic oxidation sites excluding steroid dienone is 1. The lowest BCUT2D eigenvalue weighted by atomic mass is 10.1. The van der Waals surface area contributed by atoms with Crippen molar-refractivity contribution in [3.8, 4) is 0 Å². The summed E-state index contributed by atoms with van der Waals surface area (Å²) >= 11 is 0. The fourth-order valence-electron chi connectivity index (χ4n) is 1.69. The molecule has 0 radical (unpaired) electrons. The largest absolute Gasteiger partial charge is 0.343 e. The van der Waals surface area contributed by atoms with Gasteiger partial charge in [0.15, 0.2) is 0 Å². The van der Waals surface area contributed by atoms with Crippen LogP contribution < -0.4 is 5.32 Å². The van der Waals surface area contributed by atoms with E-state index in [-0.39, 0.29) is 23.9 Å². The minimum Gasteiger partial charge on any atom is -0.343 e. The molecule has 1 N–H and O–H groups in total. The molecule has 2 unspecified atom stereocenters. The van der Waals surface area contributed by atoms with E-state index in [9.17, 15) is 9.59 Å². The molecule has 0 saturated carbocycles. The molecule has 1 aliphatic rings. The lowest BCUT2D eigenvalue weighted by Crippen LogP contribution is -2.62. The second kappa shape index (κ2) is 5.14. The molecule has 90 valence electrons. The quantitative estimate of drug-likeness (QED) is 0.729. The Morgan fingerprint density at radius 3 is 2.56 bits per heavy atom. The van der Waals surface area contributed by atoms with E-state index in [1.165, 1.54) is 0 Å². The highest BCUT2D eigenvalue weighted by Crippen LogP contribution is 2.12. The third-order valence-corrected chi connectivity index (χ3v) is 2.85. The van der Waals surface area contributed by atoms with Crippen molar-refractivity contribution in [1.82, 2.24) is 10.2 Å². The maximum absolute atomic E-state index is 12.0. The van der Waals surface area contributed by atoms with Crippen molar-refractivity contribution < 1.29 is 9.59 Å². The van der Waals surface area contributed by atoms with Gasteiger partial charge in [-0.05, 0) is 27.2 Å².